The molecule has 0 amide bonds. The summed E-state index contributed by atoms with van der Waals surface area (Å²) in [5.41, 5.74) is -1.07. The van der Waals surface area contributed by atoms with Crippen LogP contribution in [0.3, 0.4) is 0 Å². The Morgan fingerprint density at radius 1 is 1.15 bits per heavy atom. The van der Waals surface area contributed by atoms with Crippen LogP contribution in [0.1, 0.15) is 11.1 Å². The summed E-state index contributed by atoms with van der Waals surface area (Å²) in [6, 6.07) is 4.55. The first kappa shape index (κ1) is 14.9. The molecule has 106 valence electrons. The van der Waals surface area contributed by atoms with Gasteiger partial charge < -0.3 is 4.57 Å². The van der Waals surface area contributed by atoms with Crippen molar-refractivity contribution in [3.8, 4) is 0 Å². The van der Waals surface area contributed by atoms with Crippen molar-refractivity contribution in [2.75, 3.05) is 0 Å². The molecule has 2 aromatic rings. The molecule has 20 heavy (non-hydrogen) atoms. The van der Waals surface area contributed by atoms with Crippen LogP contribution >= 0.6 is 23.2 Å². The Kier molecular flexibility index (Phi) is 4.06. The van der Waals surface area contributed by atoms with E-state index in [2.05, 4.69) is 4.98 Å². The summed E-state index contributed by atoms with van der Waals surface area (Å²) in [4.78, 5) is 15.4. The van der Waals surface area contributed by atoms with Gasteiger partial charge in [-0.2, -0.15) is 13.2 Å². The molecule has 8 heteroatoms. The lowest BCUT2D eigenvalue weighted by Gasteiger charge is -2.11. The number of hydrogen-bond donors (Lipinski definition) is 0. The van der Waals surface area contributed by atoms with Gasteiger partial charge in [-0.05, 0) is 12.1 Å². The summed E-state index contributed by atoms with van der Waals surface area (Å²) < 4.78 is 38.7. The fourth-order valence-corrected chi connectivity index (χ4v) is 1.97. The van der Waals surface area contributed by atoms with Crippen LogP contribution in [-0.2, 0) is 12.7 Å². The Labute approximate surface area is 121 Å². The van der Waals surface area contributed by atoms with Crippen molar-refractivity contribution in [1.29, 1.82) is 0 Å². The Balaban J connectivity index is 2.40. The predicted octanol–water partition coefficient (Wildman–Crippen LogP) is 3.62. The molecule has 0 saturated carbocycles. The van der Waals surface area contributed by atoms with Crippen LogP contribution in [-0.4, -0.2) is 9.55 Å². The number of nitrogens with zero attached hydrogens (tertiary/aromatic N) is 2. The molecule has 0 spiro atoms. The predicted molar refractivity (Wildman–Crippen MR) is 69.1 cm³/mol. The van der Waals surface area contributed by atoms with E-state index in [9.17, 15) is 18.0 Å². The zero-order chi connectivity index (χ0) is 14.9. The zero-order valence-electron chi connectivity index (χ0n) is 9.79. The Hall–Kier alpha value is -1.53. The molecule has 3 nitrogen and oxygen atoms in total. The maximum absolute atomic E-state index is 12.6. The fraction of sp³-hybridized carbons (Fsp3) is 0.167. The van der Waals surface area contributed by atoms with E-state index < -0.39 is 17.3 Å². The molecule has 2 rings (SSSR count). The minimum absolute atomic E-state index is 0.0433. The lowest BCUT2D eigenvalue weighted by atomic mass is 10.2. The van der Waals surface area contributed by atoms with Gasteiger partial charge in [0.25, 0.3) is 5.56 Å². The van der Waals surface area contributed by atoms with Gasteiger partial charge in [-0.25, -0.2) is 4.98 Å². The monoisotopic (exact) mass is 322 g/mol. The van der Waals surface area contributed by atoms with Crippen molar-refractivity contribution in [1.82, 2.24) is 9.55 Å². The van der Waals surface area contributed by atoms with Gasteiger partial charge in [-0.3, -0.25) is 4.79 Å². The van der Waals surface area contributed by atoms with Gasteiger partial charge in [0.1, 0.15) is 10.3 Å². The molecular weight excluding hydrogens is 316 g/mol. The van der Waals surface area contributed by atoms with Gasteiger partial charge in [0, 0.05) is 17.8 Å². The van der Waals surface area contributed by atoms with E-state index >= 15 is 0 Å². The minimum Gasteiger partial charge on any atom is -0.310 e. The number of halogens is 5. The van der Waals surface area contributed by atoms with Crippen LogP contribution in [0.15, 0.2) is 35.3 Å². The van der Waals surface area contributed by atoms with E-state index in [0.29, 0.717) is 5.56 Å². The third-order valence-corrected chi connectivity index (χ3v) is 3.08. The third kappa shape index (κ3) is 3.32. The number of rotatable bonds is 2. The first-order chi connectivity index (χ1) is 9.27. The average molecular weight is 323 g/mol. The van der Waals surface area contributed by atoms with E-state index in [1.165, 1.54) is 12.1 Å². The summed E-state index contributed by atoms with van der Waals surface area (Å²) in [7, 11) is 0. The lowest BCUT2D eigenvalue weighted by molar-refractivity contribution is -0.138. The Morgan fingerprint density at radius 2 is 1.85 bits per heavy atom. The highest BCUT2D eigenvalue weighted by molar-refractivity contribution is 6.32. The molecule has 0 aromatic carbocycles. The quantitative estimate of drug-likeness (QED) is 0.791. The van der Waals surface area contributed by atoms with Gasteiger partial charge in [0.05, 0.1) is 12.1 Å². The molecule has 2 heterocycles. The van der Waals surface area contributed by atoms with E-state index in [1.54, 1.807) is 0 Å². The highest BCUT2D eigenvalue weighted by Gasteiger charge is 2.31. The number of aromatic nitrogens is 2. The normalized spacial score (nSPS) is 11.7. The van der Waals surface area contributed by atoms with Gasteiger partial charge in [0.15, 0.2) is 0 Å². The maximum atomic E-state index is 12.6. The van der Waals surface area contributed by atoms with Crippen molar-refractivity contribution >= 4 is 23.2 Å². The maximum Gasteiger partial charge on any atom is 0.417 e. The van der Waals surface area contributed by atoms with Crippen LogP contribution in [0.25, 0.3) is 0 Å². The van der Waals surface area contributed by atoms with Gasteiger partial charge in [-0.1, -0.05) is 29.3 Å². The number of pyridine rings is 2. The van der Waals surface area contributed by atoms with E-state index in [4.69, 9.17) is 23.2 Å². The van der Waals surface area contributed by atoms with Crippen LogP contribution in [0.5, 0.6) is 0 Å². The largest absolute Gasteiger partial charge is 0.417 e. The number of alkyl halides is 3. The standard InChI is InChI=1S/C12H7Cl2F3N2O/c13-9-3-1-7(11(14)18-9)5-19-6-8(12(15,16)17)2-4-10(19)20/h1-4,6H,5H2. The lowest BCUT2D eigenvalue weighted by Crippen LogP contribution is -2.22. The smallest absolute Gasteiger partial charge is 0.310 e. The highest BCUT2D eigenvalue weighted by Crippen LogP contribution is 2.28. The van der Waals surface area contributed by atoms with E-state index in [1.807, 2.05) is 0 Å². The second kappa shape index (κ2) is 5.46. The van der Waals surface area contributed by atoms with Crippen molar-refractivity contribution in [2.24, 2.45) is 0 Å². The van der Waals surface area contributed by atoms with Crippen molar-refractivity contribution in [3.05, 3.63) is 62.2 Å². The first-order valence-corrected chi connectivity index (χ1v) is 6.11. The SMILES string of the molecule is O=c1ccc(C(F)(F)F)cn1Cc1ccc(Cl)nc1Cl. The third-order valence-electron chi connectivity index (χ3n) is 2.54. The zero-order valence-corrected chi connectivity index (χ0v) is 11.3. The van der Waals surface area contributed by atoms with Crippen molar-refractivity contribution in [2.45, 2.75) is 12.7 Å². The Morgan fingerprint density at radius 3 is 2.45 bits per heavy atom. The summed E-state index contributed by atoms with van der Waals surface area (Å²) in [6.07, 6.45) is -3.77. The summed E-state index contributed by atoms with van der Waals surface area (Å²) in [5, 5.41) is 0.206. The summed E-state index contributed by atoms with van der Waals surface area (Å²) in [5.74, 6) is 0. The van der Waals surface area contributed by atoms with Gasteiger partial charge in [-0.15, -0.1) is 0 Å². The average Bonchev–Trinajstić information content (AvgIpc) is 2.33. The van der Waals surface area contributed by atoms with Crippen LogP contribution in [0, 0.1) is 0 Å². The first-order valence-electron chi connectivity index (χ1n) is 5.36. The van der Waals surface area contributed by atoms with E-state index in [0.717, 1.165) is 22.9 Å². The molecule has 2 aromatic heterocycles. The molecule has 0 fully saturated rings. The molecule has 0 aliphatic heterocycles. The number of hydrogen-bond acceptors (Lipinski definition) is 2. The molecule has 0 saturated heterocycles. The summed E-state index contributed by atoms with van der Waals surface area (Å²) >= 11 is 11.5. The highest BCUT2D eigenvalue weighted by atomic mass is 35.5. The van der Waals surface area contributed by atoms with Crippen molar-refractivity contribution in [3.63, 3.8) is 0 Å². The van der Waals surface area contributed by atoms with E-state index in [-0.39, 0.29) is 16.9 Å². The minimum atomic E-state index is -4.52. The van der Waals surface area contributed by atoms with Gasteiger partial charge in [0.2, 0.25) is 0 Å². The molecule has 0 bridgehead atoms. The molecular formula is C12H7Cl2F3N2O. The molecule has 0 radical (unpaired) electrons. The van der Waals surface area contributed by atoms with Crippen LogP contribution in [0.4, 0.5) is 13.2 Å². The molecule has 0 unspecified atom stereocenters. The summed E-state index contributed by atoms with van der Waals surface area (Å²) in [6.45, 7) is -0.119. The van der Waals surface area contributed by atoms with Gasteiger partial charge >= 0.3 is 6.18 Å². The molecule has 0 aliphatic rings. The second-order valence-electron chi connectivity index (χ2n) is 3.97. The molecule has 0 N–H and O–H groups in total. The second-order valence-corrected chi connectivity index (χ2v) is 4.71. The topological polar surface area (TPSA) is 34.9 Å². The molecule has 0 atom stereocenters. The van der Waals surface area contributed by atoms with Crippen molar-refractivity contribution < 1.29 is 13.2 Å². The fourth-order valence-electron chi connectivity index (χ4n) is 1.57. The van der Waals surface area contributed by atoms with Crippen LogP contribution < -0.4 is 5.56 Å². The Bertz CT molecular complexity index is 698. The molecule has 0 aliphatic carbocycles. The van der Waals surface area contributed by atoms with Crippen LogP contribution in [0.2, 0.25) is 10.3 Å².